The van der Waals surface area contributed by atoms with E-state index in [1.54, 1.807) is 0 Å². The van der Waals surface area contributed by atoms with Crippen LogP contribution in [0.1, 0.15) is 6.42 Å². The first-order valence-corrected chi connectivity index (χ1v) is 7.19. The van der Waals surface area contributed by atoms with Gasteiger partial charge in [0.25, 0.3) is 0 Å². The topological polar surface area (TPSA) is 41.7 Å². The number of likely N-dealkylation sites (tertiary alicyclic amines) is 1. The molecule has 2 atom stereocenters. The number of hydrogen-bond acceptors (Lipinski definition) is 4. The lowest BCUT2D eigenvalue weighted by Crippen LogP contribution is -2.46. The maximum atomic E-state index is 12.9. The first-order chi connectivity index (χ1) is 9.38. The highest BCUT2D eigenvalue weighted by atomic mass is 32.1. The Kier molecular flexibility index (Phi) is 5.22. The molecule has 2 heterocycles. The third-order valence-electron chi connectivity index (χ3n) is 3.99. The minimum Gasteiger partial charge on any atom is -0.393 e. The van der Waals surface area contributed by atoms with Crippen LogP contribution in [0.4, 0.5) is 13.2 Å². The molecular weight excluding hydrogens is 291 g/mol. The summed E-state index contributed by atoms with van der Waals surface area (Å²) in [4.78, 5) is 3.65. The van der Waals surface area contributed by atoms with Crippen LogP contribution in [-0.4, -0.2) is 72.9 Å². The number of thiocarbonyl (C=S) groups is 1. The normalized spacial score (nSPS) is 27.6. The monoisotopic (exact) mass is 311 g/mol. The lowest BCUT2D eigenvalue weighted by atomic mass is 10.1. The fourth-order valence-corrected chi connectivity index (χ4v) is 3.04. The van der Waals surface area contributed by atoms with E-state index in [9.17, 15) is 13.2 Å². The maximum absolute atomic E-state index is 12.9. The second-order valence-corrected chi connectivity index (χ2v) is 5.82. The van der Waals surface area contributed by atoms with Crippen molar-refractivity contribution in [3.8, 4) is 0 Å². The van der Waals surface area contributed by atoms with Crippen molar-refractivity contribution in [2.24, 2.45) is 11.7 Å². The lowest BCUT2D eigenvalue weighted by molar-refractivity contribution is -0.158. The molecule has 2 aliphatic heterocycles. The summed E-state index contributed by atoms with van der Waals surface area (Å²) in [6.07, 6.45) is -3.47. The van der Waals surface area contributed by atoms with Gasteiger partial charge in [-0.25, -0.2) is 0 Å². The molecule has 0 radical (unpaired) electrons. The summed E-state index contributed by atoms with van der Waals surface area (Å²) >= 11 is 4.56. The van der Waals surface area contributed by atoms with Crippen molar-refractivity contribution in [1.29, 1.82) is 0 Å². The summed E-state index contributed by atoms with van der Waals surface area (Å²) in [6.45, 7) is 4.31. The molecule has 2 aliphatic rings. The average molecular weight is 311 g/mol. The number of morpholine rings is 1. The van der Waals surface area contributed by atoms with Gasteiger partial charge in [0.2, 0.25) is 0 Å². The zero-order valence-corrected chi connectivity index (χ0v) is 12.1. The van der Waals surface area contributed by atoms with Crippen LogP contribution < -0.4 is 5.73 Å². The van der Waals surface area contributed by atoms with E-state index in [-0.39, 0.29) is 6.54 Å². The molecule has 0 amide bonds. The third kappa shape index (κ3) is 4.03. The fourth-order valence-electron chi connectivity index (χ4n) is 2.83. The Hall–Kier alpha value is -0.440. The Bertz CT molecular complexity index is 347. The molecule has 0 bridgehead atoms. The van der Waals surface area contributed by atoms with Gasteiger partial charge in [0, 0.05) is 32.2 Å². The minimum atomic E-state index is -4.36. The predicted molar refractivity (Wildman–Crippen MR) is 73.6 cm³/mol. The number of alkyl halides is 3. The summed E-state index contributed by atoms with van der Waals surface area (Å²) in [5.74, 6) is -1.71. The molecule has 0 aliphatic carbocycles. The smallest absolute Gasteiger partial charge is 0.393 e. The molecule has 0 saturated carbocycles. The molecule has 2 unspecified atom stereocenters. The number of halogens is 3. The maximum Gasteiger partial charge on any atom is 0.399 e. The largest absolute Gasteiger partial charge is 0.399 e. The number of rotatable bonds is 4. The number of ether oxygens (including phenoxy) is 1. The van der Waals surface area contributed by atoms with E-state index in [2.05, 4.69) is 17.1 Å². The van der Waals surface area contributed by atoms with Gasteiger partial charge in [0.05, 0.1) is 18.2 Å². The summed E-state index contributed by atoms with van der Waals surface area (Å²) < 4.78 is 43.9. The molecule has 20 heavy (non-hydrogen) atoms. The standard InChI is InChI=1S/C12H20F3N3OS/c13-12(14,15)10(11(16)20)8-17-2-1-9(7-17)18-3-5-19-6-4-18/h9-10H,1-8H2,(H2,16,20). The predicted octanol–water partition coefficient (Wildman–Crippen LogP) is 0.857. The summed E-state index contributed by atoms with van der Waals surface area (Å²) in [6, 6.07) is 0.319. The molecule has 2 rings (SSSR count). The average Bonchev–Trinajstić information content (AvgIpc) is 2.84. The van der Waals surface area contributed by atoms with Crippen LogP contribution in [0.3, 0.4) is 0 Å². The summed E-state index contributed by atoms with van der Waals surface area (Å²) in [5.41, 5.74) is 5.24. The molecule has 4 nitrogen and oxygen atoms in total. The second kappa shape index (κ2) is 6.55. The van der Waals surface area contributed by atoms with Crippen molar-refractivity contribution >= 4 is 17.2 Å². The van der Waals surface area contributed by atoms with E-state index in [0.717, 1.165) is 19.5 Å². The SMILES string of the molecule is NC(=S)C(CN1CCC(N2CCOCC2)C1)C(F)(F)F. The van der Waals surface area contributed by atoms with Crippen LogP contribution in [0.15, 0.2) is 0 Å². The Morgan fingerprint density at radius 3 is 2.50 bits per heavy atom. The van der Waals surface area contributed by atoms with Gasteiger partial charge in [0.15, 0.2) is 0 Å². The molecule has 116 valence electrons. The van der Waals surface area contributed by atoms with Crippen molar-refractivity contribution in [2.75, 3.05) is 45.9 Å². The summed E-state index contributed by atoms with van der Waals surface area (Å²) in [5, 5.41) is 0. The van der Waals surface area contributed by atoms with Gasteiger partial charge in [0.1, 0.15) is 5.92 Å². The van der Waals surface area contributed by atoms with Gasteiger partial charge in [-0.1, -0.05) is 12.2 Å². The van der Waals surface area contributed by atoms with Crippen LogP contribution in [0.2, 0.25) is 0 Å². The first kappa shape index (κ1) is 15.9. The van der Waals surface area contributed by atoms with Crippen molar-refractivity contribution in [2.45, 2.75) is 18.6 Å². The Morgan fingerprint density at radius 2 is 1.95 bits per heavy atom. The highest BCUT2D eigenvalue weighted by molar-refractivity contribution is 7.80. The third-order valence-corrected chi connectivity index (χ3v) is 4.27. The molecule has 2 saturated heterocycles. The van der Waals surface area contributed by atoms with Gasteiger partial charge in [-0.15, -0.1) is 0 Å². The van der Waals surface area contributed by atoms with Crippen LogP contribution in [0.25, 0.3) is 0 Å². The van der Waals surface area contributed by atoms with Gasteiger partial charge in [-0.2, -0.15) is 13.2 Å². The highest BCUT2D eigenvalue weighted by Gasteiger charge is 2.43. The van der Waals surface area contributed by atoms with Crippen molar-refractivity contribution in [3.05, 3.63) is 0 Å². The Labute approximate surface area is 122 Å². The van der Waals surface area contributed by atoms with Gasteiger partial charge in [-0.3, -0.25) is 4.90 Å². The zero-order valence-electron chi connectivity index (χ0n) is 11.2. The van der Waals surface area contributed by atoms with E-state index in [0.29, 0.717) is 32.3 Å². The quantitative estimate of drug-likeness (QED) is 0.780. The van der Waals surface area contributed by atoms with E-state index >= 15 is 0 Å². The van der Waals surface area contributed by atoms with E-state index < -0.39 is 17.1 Å². The second-order valence-electron chi connectivity index (χ2n) is 5.35. The van der Waals surface area contributed by atoms with Crippen LogP contribution in [0.5, 0.6) is 0 Å². The van der Waals surface area contributed by atoms with E-state index in [1.807, 2.05) is 4.90 Å². The molecule has 0 aromatic carbocycles. The van der Waals surface area contributed by atoms with Crippen molar-refractivity contribution in [3.63, 3.8) is 0 Å². The Balaban J connectivity index is 1.87. The zero-order chi connectivity index (χ0) is 14.8. The number of hydrogen-bond donors (Lipinski definition) is 1. The van der Waals surface area contributed by atoms with E-state index in [4.69, 9.17) is 10.5 Å². The van der Waals surface area contributed by atoms with Crippen LogP contribution >= 0.6 is 12.2 Å². The molecule has 0 aromatic rings. The Morgan fingerprint density at radius 1 is 1.30 bits per heavy atom. The fraction of sp³-hybridized carbons (Fsp3) is 0.917. The van der Waals surface area contributed by atoms with Gasteiger partial charge >= 0.3 is 6.18 Å². The number of nitrogens with zero attached hydrogens (tertiary/aromatic N) is 2. The van der Waals surface area contributed by atoms with Gasteiger partial charge in [-0.05, 0) is 13.0 Å². The minimum absolute atomic E-state index is 0.125. The van der Waals surface area contributed by atoms with E-state index in [1.165, 1.54) is 0 Å². The summed E-state index contributed by atoms with van der Waals surface area (Å²) in [7, 11) is 0. The van der Waals surface area contributed by atoms with Crippen molar-refractivity contribution in [1.82, 2.24) is 9.80 Å². The van der Waals surface area contributed by atoms with Gasteiger partial charge < -0.3 is 15.4 Å². The number of nitrogens with two attached hydrogens (primary N) is 1. The molecular formula is C12H20F3N3OS. The molecule has 2 fully saturated rings. The molecule has 0 spiro atoms. The molecule has 8 heteroatoms. The lowest BCUT2D eigenvalue weighted by Gasteiger charge is -2.32. The molecule has 2 N–H and O–H groups in total. The molecule has 0 aromatic heterocycles. The first-order valence-electron chi connectivity index (χ1n) is 6.78. The van der Waals surface area contributed by atoms with Crippen LogP contribution in [-0.2, 0) is 4.74 Å². The van der Waals surface area contributed by atoms with Crippen LogP contribution in [0, 0.1) is 5.92 Å². The highest BCUT2D eigenvalue weighted by Crippen LogP contribution is 2.29. The van der Waals surface area contributed by atoms with Crippen molar-refractivity contribution < 1.29 is 17.9 Å².